The fraction of sp³-hybridized carbons (Fsp3) is 0.250. The molecular formula is C4H2F3N2. The first kappa shape index (κ1) is 6.12. The van der Waals surface area contributed by atoms with Gasteiger partial charge in [0.1, 0.15) is 0 Å². The van der Waals surface area contributed by atoms with Crippen molar-refractivity contribution in [2.75, 3.05) is 0 Å². The number of hydrogen-bond acceptors (Lipinski definition) is 1. The maximum absolute atomic E-state index is 11.5. The molecule has 1 radical (unpaired) electrons. The number of nitrogens with zero attached hydrogens (tertiary/aromatic N) is 2. The van der Waals surface area contributed by atoms with E-state index in [-0.39, 0.29) is 0 Å². The molecular weight excluding hydrogens is 133 g/mol. The molecule has 0 aromatic rings. The molecule has 9 heavy (non-hydrogen) atoms. The van der Waals surface area contributed by atoms with Gasteiger partial charge < -0.3 is 0 Å². The van der Waals surface area contributed by atoms with Gasteiger partial charge in [-0.05, 0) is 0 Å². The van der Waals surface area contributed by atoms with E-state index in [2.05, 4.69) is 10.3 Å². The second-order valence-electron chi connectivity index (χ2n) is 1.38. The van der Waals surface area contributed by atoms with Crippen LogP contribution in [0.5, 0.6) is 0 Å². The Kier molecular flexibility index (Phi) is 1.19. The quantitative estimate of drug-likeness (QED) is 0.474. The highest BCUT2D eigenvalue weighted by Gasteiger charge is 2.37. The summed E-state index contributed by atoms with van der Waals surface area (Å²) in [6.45, 7) is 0. The van der Waals surface area contributed by atoms with Gasteiger partial charge in [-0.1, -0.05) is 0 Å². The molecule has 0 spiro atoms. The second kappa shape index (κ2) is 1.75. The number of hydrogen-bond donors (Lipinski definition) is 0. The zero-order valence-electron chi connectivity index (χ0n) is 4.18. The van der Waals surface area contributed by atoms with Crippen molar-refractivity contribution in [1.82, 2.24) is 5.32 Å². The summed E-state index contributed by atoms with van der Waals surface area (Å²) in [5.74, 6) is -1.08. The maximum atomic E-state index is 11.5. The first-order valence-electron chi connectivity index (χ1n) is 2.11. The Labute approximate surface area is 49.1 Å². The lowest BCUT2D eigenvalue weighted by Crippen LogP contribution is -2.27. The fourth-order valence-electron chi connectivity index (χ4n) is 0.388. The van der Waals surface area contributed by atoms with Crippen LogP contribution in [0.2, 0.25) is 0 Å². The first-order chi connectivity index (χ1) is 4.11. The van der Waals surface area contributed by atoms with E-state index < -0.39 is 12.0 Å². The van der Waals surface area contributed by atoms with Gasteiger partial charge in [0.15, 0.2) is 0 Å². The maximum Gasteiger partial charge on any atom is 0.451 e. The van der Waals surface area contributed by atoms with Crippen molar-refractivity contribution < 1.29 is 13.2 Å². The van der Waals surface area contributed by atoms with E-state index in [9.17, 15) is 13.2 Å². The SMILES string of the molecule is FC(F)(F)C1=NC=C[N]1. The summed E-state index contributed by atoms with van der Waals surface area (Å²) in [6.07, 6.45) is -2.39. The van der Waals surface area contributed by atoms with E-state index in [0.29, 0.717) is 0 Å². The van der Waals surface area contributed by atoms with E-state index >= 15 is 0 Å². The molecule has 2 nitrogen and oxygen atoms in total. The standard InChI is InChI=1S/C4H2F3N2/c5-4(6,7)3-8-1-2-9-3/h1-2H. The minimum absolute atomic E-state index is 1.00. The van der Waals surface area contributed by atoms with Crippen molar-refractivity contribution in [3.8, 4) is 0 Å². The third kappa shape index (κ3) is 1.22. The van der Waals surface area contributed by atoms with Gasteiger partial charge in [-0.15, -0.1) is 0 Å². The zero-order valence-corrected chi connectivity index (χ0v) is 4.18. The van der Waals surface area contributed by atoms with Crippen LogP contribution in [0.1, 0.15) is 0 Å². The first-order valence-corrected chi connectivity index (χ1v) is 2.11. The lowest BCUT2D eigenvalue weighted by molar-refractivity contribution is -0.0610. The van der Waals surface area contributed by atoms with E-state index in [1.807, 2.05) is 0 Å². The summed E-state index contributed by atoms with van der Waals surface area (Å²) in [6, 6.07) is 0. The topological polar surface area (TPSA) is 26.5 Å². The van der Waals surface area contributed by atoms with Crippen molar-refractivity contribution in [2.45, 2.75) is 6.18 Å². The lowest BCUT2D eigenvalue weighted by atomic mass is 10.6. The normalized spacial score (nSPS) is 17.4. The Morgan fingerprint density at radius 1 is 1.22 bits per heavy atom. The third-order valence-corrected chi connectivity index (χ3v) is 0.714. The van der Waals surface area contributed by atoms with Crippen molar-refractivity contribution in [3.05, 3.63) is 12.4 Å². The number of amidine groups is 1. The summed E-state index contributed by atoms with van der Waals surface area (Å²) >= 11 is 0. The van der Waals surface area contributed by atoms with Gasteiger partial charge in [0.05, 0.1) is 0 Å². The molecule has 0 bridgehead atoms. The van der Waals surface area contributed by atoms with Gasteiger partial charge in [0.25, 0.3) is 0 Å². The number of rotatable bonds is 0. The van der Waals surface area contributed by atoms with Crippen LogP contribution < -0.4 is 5.32 Å². The summed E-state index contributed by atoms with van der Waals surface area (Å²) in [5, 5.41) is 2.95. The smallest absolute Gasteiger partial charge is 0.231 e. The van der Waals surface area contributed by atoms with Crippen LogP contribution in [0.3, 0.4) is 0 Å². The molecule has 1 aliphatic rings. The van der Waals surface area contributed by atoms with Gasteiger partial charge in [0.2, 0.25) is 5.84 Å². The molecule has 0 saturated heterocycles. The monoisotopic (exact) mass is 135 g/mol. The molecule has 0 fully saturated rings. The van der Waals surface area contributed by atoms with Crippen LogP contribution in [0.4, 0.5) is 13.2 Å². The zero-order chi connectivity index (χ0) is 6.91. The van der Waals surface area contributed by atoms with Gasteiger partial charge in [-0.25, -0.2) is 10.3 Å². The van der Waals surface area contributed by atoms with E-state index in [4.69, 9.17) is 0 Å². The summed E-state index contributed by atoms with van der Waals surface area (Å²) < 4.78 is 34.5. The van der Waals surface area contributed by atoms with Crippen LogP contribution in [0.25, 0.3) is 0 Å². The Hall–Kier alpha value is -1.00. The largest absolute Gasteiger partial charge is 0.451 e. The average Bonchev–Trinajstić information content (AvgIpc) is 2.08. The Morgan fingerprint density at radius 2 is 1.89 bits per heavy atom. The van der Waals surface area contributed by atoms with Crippen molar-refractivity contribution in [3.63, 3.8) is 0 Å². The van der Waals surface area contributed by atoms with Gasteiger partial charge >= 0.3 is 6.18 Å². The Bertz CT molecular complexity index is 167. The number of halogens is 3. The predicted octanol–water partition coefficient (Wildman–Crippen LogP) is 1.04. The third-order valence-electron chi connectivity index (χ3n) is 0.714. The molecule has 0 amide bonds. The highest BCUT2D eigenvalue weighted by Crippen LogP contribution is 2.18. The van der Waals surface area contributed by atoms with E-state index in [1.165, 1.54) is 0 Å². The number of aliphatic imine (C=N–C) groups is 1. The van der Waals surface area contributed by atoms with Crippen LogP contribution in [0.15, 0.2) is 17.4 Å². The Morgan fingerprint density at radius 3 is 2.11 bits per heavy atom. The molecule has 0 saturated carbocycles. The van der Waals surface area contributed by atoms with Crippen molar-refractivity contribution in [1.29, 1.82) is 0 Å². The molecule has 0 aromatic carbocycles. The van der Waals surface area contributed by atoms with Crippen molar-refractivity contribution >= 4 is 5.84 Å². The molecule has 0 N–H and O–H groups in total. The molecule has 0 atom stereocenters. The van der Waals surface area contributed by atoms with Crippen LogP contribution >= 0.6 is 0 Å². The molecule has 0 aliphatic carbocycles. The fourth-order valence-corrected chi connectivity index (χ4v) is 0.388. The van der Waals surface area contributed by atoms with Crippen LogP contribution in [-0.2, 0) is 0 Å². The molecule has 0 unspecified atom stereocenters. The minimum Gasteiger partial charge on any atom is -0.231 e. The Balaban J connectivity index is 2.66. The highest BCUT2D eigenvalue weighted by molar-refractivity contribution is 5.89. The lowest BCUT2D eigenvalue weighted by Gasteiger charge is -2.01. The van der Waals surface area contributed by atoms with Gasteiger partial charge in [0, 0.05) is 12.4 Å². The molecule has 5 heteroatoms. The minimum atomic E-state index is -4.40. The van der Waals surface area contributed by atoms with Crippen LogP contribution in [0, 0.1) is 0 Å². The number of alkyl halides is 3. The summed E-state index contributed by atoms with van der Waals surface area (Å²) in [5.41, 5.74) is 0. The van der Waals surface area contributed by atoms with Crippen molar-refractivity contribution in [2.24, 2.45) is 4.99 Å². The molecule has 49 valence electrons. The van der Waals surface area contributed by atoms with Gasteiger partial charge in [-0.2, -0.15) is 13.2 Å². The predicted molar refractivity (Wildman–Crippen MR) is 24.8 cm³/mol. The van der Waals surface area contributed by atoms with Crippen LogP contribution in [-0.4, -0.2) is 12.0 Å². The summed E-state index contributed by atoms with van der Waals surface area (Å²) in [7, 11) is 0. The second-order valence-corrected chi connectivity index (χ2v) is 1.38. The van der Waals surface area contributed by atoms with E-state index in [0.717, 1.165) is 12.4 Å². The molecule has 1 aliphatic heterocycles. The van der Waals surface area contributed by atoms with Gasteiger partial charge in [-0.3, -0.25) is 0 Å². The average molecular weight is 135 g/mol. The molecule has 1 rings (SSSR count). The van der Waals surface area contributed by atoms with E-state index in [1.54, 1.807) is 0 Å². The molecule has 1 heterocycles. The molecule has 0 aromatic heterocycles. The summed E-state index contributed by atoms with van der Waals surface area (Å²) in [4.78, 5) is 2.95. The highest BCUT2D eigenvalue weighted by atomic mass is 19.4.